The van der Waals surface area contributed by atoms with Gasteiger partial charge in [0.25, 0.3) is 5.91 Å². The molecule has 2 saturated heterocycles. The Morgan fingerprint density at radius 3 is 2.04 bits per heavy atom. The van der Waals surface area contributed by atoms with Crippen molar-refractivity contribution < 1.29 is 4.79 Å². The third-order valence-corrected chi connectivity index (χ3v) is 4.98. The van der Waals surface area contributed by atoms with Crippen LogP contribution in [0.1, 0.15) is 24.8 Å². The highest BCUT2D eigenvalue weighted by Crippen LogP contribution is 2.24. The molecule has 0 saturated carbocycles. The third-order valence-electron chi connectivity index (χ3n) is 4.78. The van der Waals surface area contributed by atoms with Crippen LogP contribution in [-0.4, -0.2) is 24.1 Å². The Morgan fingerprint density at radius 1 is 0.857 bits per heavy atom. The lowest BCUT2D eigenvalue weighted by Crippen LogP contribution is -2.29. The summed E-state index contributed by atoms with van der Waals surface area (Å²) in [4.78, 5) is 14.1. The molecule has 6 nitrogen and oxygen atoms in total. The molecule has 0 atom stereocenters. The van der Waals surface area contributed by atoms with Crippen LogP contribution in [-0.2, 0) is 4.79 Å². The topological polar surface area (TPSA) is 69.1 Å². The van der Waals surface area contributed by atoms with Gasteiger partial charge in [-0.15, -0.1) is 0 Å². The van der Waals surface area contributed by atoms with Crippen LogP contribution in [0.5, 0.6) is 0 Å². The lowest BCUT2D eigenvalue weighted by atomic mass is 10.1. The Balaban J connectivity index is 1.40. The van der Waals surface area contributed by atoms with Gasteiger partial charge in [-0.05, 0) is 79.5 Å². The Bertz CT molecular complexity index is 928. The first-order valence-corrected chi connectivity index (χ1v) is 9.79. The first-order valence-electron chi connectivity index (χ1n) is 9.38. The Kier molecular flexibility index (Phi) is 5.43. The molecule has 0 unspecified atom stereocenters. The van der Waals surface area contributed by atoms with Gasteiger partial charge in [0, 0.05) is 18.8 Å². The number of amides is 1. The van der Waals surface area contributed by atoms with E-state index in [2.05, 4.69) is 37.9 Å². The van der Waals surface area contributed by atoms with Crippen molar-refractivity contribution in [3.8, 4) is 0 Å². The highest BCUT2D eigenvalue weighted by molar-refractivity contribution is 7.80. The molecule has 4 rings (SSSR count). The van der Waals surface area contributed by atoms with Gasteiger partial charge in [0.15, 0.2) is 5.11 Å². The number of carbonyl (C=O) groups is 1. The number of hydrogen-bond acceptors (Lipinski definition) is 5. The molecule has 142 valence electrons. The second-order valence-corrected chi connectivity index (χ2v) is 7.23. The molecule has 28 heavy (non-hydrogen) atoms. The maximum absolute atomic E-state index is 11.7. The zero-order valence-corrected chi connectivity index (χ0v) is 16.2. The molecule has 0 aromatic heterocycles. The summed E-state index contributed by atoms with van der Waals surface area (Å²) in [5.74, 6) is -0.221. The summed E-state index contributed by atoms with van der Waals surface area (Å²) in [6.45, 7) is 2.26. The summed E-state index contributed by atoms with van der Waals surface area (Å²) < 4.78 is 0. The van der Waals surface area contributed by atoms with Gasteiger partial charge < -0.3 is 10.2 Å². The SMILES string of the molecule is O=C1NC(=S)NC1=Cc1ccc(N=Nc2ccc(N3CCCCC3)cc2)cc1. The molecule has 2 aliphatic rings. The minimum absolute atomic E-state index is 0.221. The van der Waals surface area contributed by atoms with Crippen LogP contribution in [0.2, 0.25) is 0 Å². The maximum atomic E-state index is 11.7. The third kappa shape index (κ3) is 4.43. The van der Waals surface area contributed by atoms with Gasteiger partial charge in [-0.1, -0.05) is 12.1 Å². The highest BCUT2D eigenvalue weighted by atomic mass is 32.1. The molecule has 2 fully saturated rings. The van der Waals surface area contributed by atoms with E-state index in [9.17, 15) is 4.79 Å². The molecule has 0 spiro atoms. The number of piperidine rings is 1. The largest absolute Gasteiger partial charge is 0.372 e. The number of rotatable bonds is 4. The van der Waals surface area contributed by atoms with E-state index in [4.69, 9.17) is 12.2 Å². The van der Waals surface area contributed by atoms with Crippen molar-refractivity contribution in [2.45, 2.75) is 19.3 Å². The van der Waals surface area contributed by atoms with Crippen LogP contribution < -0.4 is 15.5 Å². The molecule has 0 aliphatic carbocycles. The number of nitrogens with zero attached hydrogens (tertiary/aromatic N) is 3. The average Bonchev–Trinajstić information content (AvgIpc) is 3.05. The van der Waals surface area contributed by atoms with Crippen LogP contribution in [0.25, 0.3) is 6.08 Å². The summed E-state index contributed by atoms with van der Waals surface area (Å²) in [6.07, 6.45) is 5.60. The summed E-state index contributed by atoms with van der Waals surface area (Å²) in [5.41, 5.74) is 4.15. The molecule has 0 radical (unpaired) electrons. The van der Waals surface area contributed by atoms with Gasteiger partial charge in [-0.25, -0.2) is 0 Å². The smallest absolute Gasteiger partial charge is 0.273 e. The zero-order valence-electron chi connectivity index (χ0n) is 15.4. The molecule has 2 aromatic carbocycles. The summed E-state index contributed by atoms with van der Waals surface area (Å²) in [6, 6.07) is 15.7. The van der Waals surface area contributed by atoms with Crippen LogP contribution in [0.4, 0.5) is 17.1 Å². The predicted octanol–water partition coefficient (Wildman–Crippen LogP) is 4.44. The molecule has 1 amide bonds. The van der Waals surface area contributed by atoms with E-state index in [-0.39, 0.29) is 5.91 Å². The molecular formula is C21H21N5OS. The number of anilines is 1. The fourth-order valence-electron chi connectivity index (χ4n) is 3.28. The molecule has 7 heteroatoms. The molecule has 2 heterocycles. The number of hydrogen-bond donors (Lipinski definition) is 2. The number of benzene rings is 2. The lowest BCUT2D eigenvalue weighted by molar-refractivity contribution is -0.115. The van der Waals surface area contributed by atoms with Gasteiger partial charge in [0.05, 0.1) is 11.4 Å². The zero-order chi connectivity index (χ0) is 19.3. The van der Waals surface area contributed by atoms with Crippen LogP contribution >= 0.6 is 12.2 Å². The summed E-state index contributed by atoms with van der Waals surface area (Å²) >= 11 is 4.92. The Labute approximate surface area is 169 Å². The van der Waals surface area contributed by atoms with E-state index in [0.717, 1.165) is 30.0 Å². The lowest BCUT2D eigenvalue weighted by Gasteiger charge is -2.28. The van der Waals surface area contributed by atoms with Crippen molar-refractivity contribution in [1.29, 1.82) is 0 Å². The van der Waals surface area contributed by atoms with Crippen molar-refractivity contribution in [1.82, 2.24) is 10.6 Å². The van der Waals surface area contributed by atoms with E-state index in [1.165, 1.54) is 24.9 Å². The number of azo groups is 1. The molecular weight excluding hydrogens is 370 g/mol. The maximum Gasteiger partial charge on any atom is 0.273 e. The van der Waals surface area contributed by atoms with Crippen molar-refractivity contribution in [3.05, 3.63) is 59.8 Å². The van der Waals surface area contributed by atoms with E-state index in [1.54, 1.807) is 6.08 Å². The van der Waals surface area contributed by atoms with Crippen molar-refractivity contribution in [2.24, 2.45) is 10.2 Å². The molecule has 2 N–H and O–H groups in total. The monoisotopic (exact) mass is 391 g/mol. The quantitative estimate of drug-likeness (QED) is 0.459. The minimum atomic E-state index is -0.221. The van der Waals surface area contributed by atoms with Crippen LogP contribution in [0.3, 0.4) is 0 Å². The van der Waals surface area contributed by atoms with Gasteiger partial charge in [-0.2, -0.15) is 10.2 Å². The number of nitrogens with one attached hydrogen (secondary N) is 2. The van der Waals surface area contributed by atoms with Crippen LogP contribution in [0.15, 0.2) is 64.5 Å². The van der Waals surface area contributed by atoms with Crippen molar-refractivity contribution in [3.63, 3.8) is 0 Å². The van der Waals surface area contributed by atoms with Gasteiger partial charge in [-0.3, -0.25) is 10.1 Å². The molecule has 2 aromatic rings. The average molecular weight is 392 g/mol. The van der Waals surface area contributed by atoms with E-state index in [0.29, 0.717) is 10.8 Å². The molecule has 0 bridgehead atoms. The second kappa shape index (κ2) is 8.31. The Hall–Kier alpha value is -3.06. The highest BCUT2D eigenvalue weighted by Gasteiger charge is 2.19. The van der Waals surface area contributed by atoms with Crippen molar-refractivity contribution >= 4 is 46.4 Å². The van der Waals surface area contributed by atoms with E-state index in [1.807, 2.05) is 36.4 Å². The predicted molar refractivity (Wildman–Crippen MR) is 115 cm³/mol. The second-order valence-electron chi connectivity index (χ2n) is 6.82. The summed E-state index contributed by atoms with van der Waals surface area (Å²) in [7, 11) is 0. The molecule has 2 aliphatic heterocycles. The number of thiocarbonyl (C=S) groups is 1. The minimum Gasteiger partial charge on any atom is -0.372 e. The van der Waals surface area contributed by atoms with Crippen LogP contribution in [0, 0.1) is 0 Å². The van der Waals surface area contributed by atoms with E-state index < -0.39 is 0 Å². The van der Waals surface area contributed by atoms with Gasteiger partial charge >= 0.3 is 0 Å². The van der Waals surface area contributed by atoms with Gasteiger partial charge in [0.2, 0.25) is 0 Å². The number of carbonyl (C=O) groups excluding carboxylic acids is 1. The normalized spacial score (nSPS) is 18.6. The Morgan fingerprint density at radius 2 is 1.46 bits per heavy atom. The fourth-order valence-corrected chi connectivity index (χ4v) is 3.49. The summed E-state index contributed by atoms with van der Waals surface area (Å²) in [5, 5.41) is 14.3. The first-order chi connectivity index (χ1) is 13.7. The first kappa shape index (κ1) is 18.3. The van der Waals surface area contributed by atoms with E-state index >= 15 is 0 Å². The van der Waals surface area contributed by atoms with Crippen molar-refractivity contribution in [2.75, 3.05) is 18.0 Å². The fraction of sp³-hybridized carbons (Fsp3) is 0.238. The van der Waals surface area contributed by atoms with Gasteiger partial charge in [0.1, 0.15) is 5.70 Å². The standard InChI is InChI=1S/C21H21N5OS/c27-20-19(22-21(28)23-20)14-15-4-6-16(7-5-15)24-25-17-8-10-18(11-9-17)26-12-2-1-3-13-26/h4-11,14H,1-3,12-13H2,(H2,22,23,27,28).